The van der Waals surface area contributed by atoms with Crippen molar-refractivity contribution in [3.8, 4) is 5.75 Å². The van der Waals surface area contributed by atoms with Crippen molar-refractivity contribution < 1.29 is 4.74 Å². The Kier molecular flexibility index (Phi) is 2.13. The number of anilines is 1. The molecule has 1 aromatic rings. The normalized spacial score (nSPS) is 20.5. The molecule has 0 fully saturated rings. The first-order valence-corrected chi connectivity index (χ1v) is 4.84. The van der Waals surface area contributed by atoms with Crippen molar-refractivity contribution in [3.63, 3.8) is 0 Å². The van der Waals surface area contributed by atoms with Gasteiger partial charge in [0.05, 0.1) is 12.3 Å². The minimum atomic E-state index is 0.632. The summed E-state index contributed by atoms with van der Waals surface area (Å²) in [6.07, 6.45) is 2.28. The maximum Gasteiger partial charge on any atom is 0.145 e. The molecule has 2 N–H and O–H groups in total. The highest BCUT2D eigenvalue weighted by Crippen LogP contribution is 2.38. The Hall–Kier alpha value is -1.18. The van der Waals surface area contributed by atoms with Gasteiger partial charge in [-0.3, -0.25) is 0 Å². The standard InChI is InChI=1S/C11H15NO/c1-2-8-6-7-13-11-9(8)4-3-5-10(11)12/h3-5,8H,2,6-7,12H2,1H3. The molecule has 2 nitrogen and oxygen atoms in total. The van der Waals surface area contributed by atoms with Gasteiger partial charge in [-0.05, 0) is 30.4 Å². The van der Waals surface area contributed by atoms with Crippen LogP contribution in [0.3, 0.4) is 0 Å². The molecule has 13 heavy (non-hydrogen) atoms. The number of nitrogens with two attached hydrogens (primary N) is 1. The highest BCUT2D eigenvalue weighted by molar-refractivity contribution is 5.58. The van der Waals surface area contributed by atoms with E-state index in [0.29, 0.717) is 5.92 Å². The van der Waals surface area contributed by atoms with Gasteiger partial charge in [-0.25, -0.2) is 0 Å². The molecule has 0 bridgehead atoms. The number of benzene rings is 1. The topological polar surface area (TPSA) is 35.2 Å². The van der Waals surface area contributed by atoms with Crippen LogP contribution >= 0.6 is 0 Å². The van der Waals surface area contributed by atoms with E-state index in [-0.39, 0.29) is 0 Å². The number of para-hydroxylation sites is 1. The van der Waals surface area contributed by atoms with Crippen molar-refractivity contribution in [2.24, 2.45) is 0 Å². The van der Waals surface area contributed by atoms with E-state index in [4.69, 9.17) is 10.5 Å². The van der Waals surface area contributed by atoms with Gasteiger partial charge in [0.2, 0.25) is 0 Å². The van der Waals surface area contributed by atoms with Gasteiger partial charge in [-0.1, -0.05) is 19.1 Å². The van der Waals surface area contributed by atoms with Crippen LogP contribution in [0, 0.1) is 0 Å². The van der Waals surface area contributed by atoms with Crippen LogP contribution in [0.4, 0.5) is 5.69 Å². The molecule has 2 rings (SSSR count). The van der Waals surface area contributed by atoms with Gasteiger partial charge in [-0.2, -0.15) is 0 Å². The lowest BCUT2D eigenvalue weighted by atomic mass is 9.90. The van der Waals surface area contributed by atoms with Gasteiger partial charge >= 0.3 is 0 Å². The molecule has 0 saturated heterocycles. The van der Waals surface area contributed by atoms with Gasteiger partial charge in [0.15, 0.2) is 0 Å². The van der Waals surface area contributed by atoms with Crippen LogP contribution in [-0.4, -0.2) is 6.61 Å². The average Bonchev–Trinajstić information content (AvgIpc) is 2.18. The molecule has 1 aliphatic rings. The quantitative estimate of drug-likeness (QED) is 0.669. The Morgan fingerprint density at radius 1 is 1.54 bits per heavy atom. The van der Waals surface area contributed by atoms with Gasteiger partial charge in [0.1, 0.15) is 5.75 Å². The molecule has 0 aliphatic carbocycles. The van der Waals surface area contributed by atoms with E-state index in [2.05, 4.69) is 13.0 Å². The van der Waals surface area contributed by atoms with Crippen LogP contribution in [0.15, 0.2) is 18.2 Å². The molecule has 70 valence electrons. The smallest absolute Gasteiger partial charge is 0.145 e. The summed E-state index contributed by atoms with van der Waals surface area (Å²) < 4.78 is 5.56. The van der Waals surface area contributed by atoms with Crippen molar-refractivity contribution in [3.05, 3.63) is 23.8 Å². The van der Waals surface area contributed by atoms with Crippen LogP contribution in [0.25, 0.3) is 0 Å². The maximum absolute atomic E-state index is 5.83. The third-order valence-electron chi connectivity index (χ3n) is 2.72. The molecule has 0 amide bonds. The van der Waals surface area contributed by atoms with Gasteiger partial charge < -0.3 is 10.5 Å². The molecule has 0 saturated carbocycles. The summed E-state index contributed by atoms with van der Waals surface area (Å²) in [5, 5.41) is 0. The third kappa shape index (κ3) is 1.37. The summed E-state index contributed by atoms with van der Waals surface area (Å²) in [5.74, 6) is 1.55. The number of hydrogen-bond acceptors (Lipinski definition) is 2. The van der Waals surface area contributed by atoms with E-state index in [1.54, 1.807) is 0 Å². The Morgan fingerprint density at radius 3 is 3.15 bits per heavy atom. The lowest BCUT2D eigenvalue weighted by molar-refractivity contribution is 0.267. The number of nitrogen functional groups attached to an aromatic ring is 1. The number of ether oxygens (including phenoxy) is 1. The Labute approximate surface area is 78.7 Å². The number of rotatable bonds is 1. The zero-order valence-corrected chi connectivity index (χ0v) is 7.92. The third-order valence-corrected chi connectivity index (χ3v) is 2.72. The van der Waals surface area contributed by atoms with Crippen LogP contribution < -0.4 is 10.5 Å². The first kappa shape index (κ1) is 8.42. The van der Waals surface area contributed by atoms with Crippen molar-refractivity contribution in [1.29, 1.82) is 0 Å². The molecule has 2 heteroatoms. The SMILES string of the molecule is CCC1CCOc2c(N)cccc21. The fourth-order valence-electron chi connectivity index (χ4n) is 1.94. The zero-order chi connectivity index (χ0) is 9.26. The molecule has 0 aromatic heterocycles. The van der Waals surface area contributed by atoms with E-state index in [0.717, 1.165) is 24.5 Å². The summed E-state index contributed by atoms with van der Waals surface area (Å²) in [6, 6.07) is 6.03. The predicted molar refractivity (Wildman–Crippen MR) is 54.0 cm³/mol. The Morgan fingerprint density at radius 2 is 2.38 bits per heavy atom. The van der Waals surface area contributed by atoms with Gasteiger partial charge in [0, 0.05) is 0 Å². The van der Waals surface area contributed by atoms with E-state index in [9.17, 15) is 0 Å². The second kappa shape index (κ2) is 3.29. The van der Waals surface area contributed by atoms with E-state index in [1.165, 1.54) is 12.0 Å². The maximum atomic E-state index is 5.83. The minimum Gasteiger partial charge on any atom is -0.491 e. The van der Waals surface area contributed by atoms with E-state index >= 15 is 0 Å². The minimum absolute atomic E-state index is 0.632. The molecule has 1 atom stereocenters. The second-order valence-electron chi connectivity index (χ2n) is 3.51. The molecular formula is C11H15NO. The summed E-state index contributed by atoms with van der Waals surface area (Å²) >= 11 is 0. The number of fused-ring (bicyclic) bond motifs is 1. The highest BCUT2D eigenvalue weighted by Gasteiger charge is 2.20. The molecule has 1 heterocycles. The first-order chi connectivity index (χ1) is 6.33. The summed E-state index contributed by atoms with van der Waals surface area (Å²) in [4.78, 5) is 0. The molecule has 0 spiro atoms. The van der Waals surface area contributed by atoms with Gasteiger partial charge in [-0.15, -0.1) is 0 Å². The Bertz CT molecular complexity index is 309. The fraction of sp³-hybridized carbons (Fsp3) is 0.455. The fourth-order valence-corrected chi connectivity index (χ4v) is 1.94. The largest absolute Gasteiger partial charge is 0.491 e. The first-order valence-electron chi connectivity index (χ1n) is 4.84. The van der Waals surface area contributed by atoms with E-state index in [1.807, 2.05) is 12.1 Å². The lowest BCUT2D eigenvalue weighted by Gasteiger charge is -2.25. The highest BCUT2D eigenvalue weighted by atomic mass is 16.5. The Balaban J connectivity index is 2.45. The van der Waals surface area contributed by atoms with E-state index < -0.39 is 0 Å². The second-order valence-corrected chi connectivity index (χ2v) is 3.51. The van der Waals surface area contributed by atoms with Crippen LogP contribution in [0.2, 0.25) is 0 Å². The molecule has 1 aromatic carbocycles. The molecule has 1 unspecified atom stereocenters. The van der Waals surface area contributed by atoms with Crippen molar-refractivity contribution in [2.75, 3.05) is 12.3 Å². The monoisotopic (exact) mass is 177 g/mol. The van der Waals surface area contributed by atoms with Crippen LogP contribution in [0.1, 0.15) is 31.2 Å². The molecule has 0 radical (unpaired) electrons. The van der Waals surface area contributed by atoms with Gasteiger partial charge in [0.25, 0.3) is 0 Å². The van der Waals surface area contributed by atoms with Crippen LogP contribution in [0.5, 0.6) is 5.75 Å². The van der Waals surface area contributed by atoms with Crippen molar-refractivity contribution in [1.82, 2.24) is 0 Å². The summed E-state index contributed by atoms with van der Waals surface area (Å²) in [7, 11) is 0. The molecule has 1 aliphatic heterocycles. The average molecular weight is 177 g/mol. The lowest BCUT2D eigenvalue weighted by Crippen LogP contribution is -2.14. The summed E-state index contributed by atoms with van der Waals surface area (Å²) in [5.41, 5.74) is 7.89. The molecular weight excluding hydrogens is 162 g/mol. The van der Waals surface area contributed by atoms with Crippen molar-refractivity contribution >= 4 is 5.69 Å². The van der Waals surface area contributed by atoms with Crippen LogP contribution in [-0.2, 0) is 0 Å². The number of hydrogen-bond donors (Lipinski definition) is 1. The van der Waals surface area contributed by atoms with Crippen molar-refractivity contribution in [2.45, 2.75) is 25.7 Å². The summed E-state index contributed by atoms with van der Waals surface area (Å²) in [6.45, 7) is 3.02. The zero-order valence-electron chi connectivity index (χ0n) is 7.92. The predicted octanol–water partition coefficient (Wildman–Crippen LogP) is 2.54.